The van der Waals surface area contributed by atoms with Crippen LogP contribution in [0.3, 0.4) is 0 Å². The number of rotatable bonds is 2. The fourth-order valence-corrected chi connectivity index (χ4v) is 3.06. The van der Waals surface area contributed by atoms with E-state index in [4.69, 9.17) is 4.99 Å². The molecule has 1 aliphatic rings. The predicted octanol–water partition coefficient (Wildman–Crippen LogP) is 3.72. The molecular formula is C13H18N2S. The molecule has 1 atom stereocenters. The van der Waals surface area contributed by atoms with Gasteiger partial charge in [0.05, 0.1) is 5.84 Å². The number of nitrogens with one attached hydrogen (secondary N) is 1. The van der Waals surface area contributed by atoms with Crippen LogP contribution in [0.2, 0.25) is 0 Å². The van der Waals surface area contributed by atoms with Crippen molar-refractivity contribution in [1.29, 1.82) is 0 Å². The van der Waals surface area contributed by atoms with E-state index in [1.165, 1.54) is 21.6 Å². The zero-order chi connectivity index (χ0) is 11.7. The van der Waals surface area contributed by atoms with Crippen molar-refractivity contribution in [3.63, 3.8) is 0 Å². The van der Waals surface area contributed by atoms with E-state index in [0.29, 0.717) is 0 Å². The molecule has 3 heteroatoms. The van der Waals surface area contributed by atoms with E-state index < -0.39 is 0 Å². The lowest BCUT2D eigenvalue weighted by atomic mass is 10.00. The van der Waals surface area contributed by atoms with Crippen molar-refractivity contribution >= 4 is 17.2 Å². The van der Waals surface area contributed by atoms with Crippen LogP contribution in [0.4, 0.5) is 0 Å². The molecule has 0 bridgehead atoms. The Hall–Kier alpha value is -1.09. The average Bonchev–Trinajstić information content (AvgIpc) is 2.60. The van der Waals surface area contributed by atoms with Gasteiger partial charge in [0.1, 0.15) is 6.04 Å². The molecule has 0 saturated heterocycles. The van der Waals surface area contributed by atoms with Crippen LogP contribution in [0.25, 0.3) is 0 Å². The van der Waals surface area contributed by atoms with Crippen LogP contribution in [0, 0.1) is 13.8 Å². The zero-order valence-corrected chi connectivity index (χ0v) is 11.1. The Kier molecular flexibility index (Phi) is 3.15. The highest BCUT2D eigenvalue weighted by Crippen LogP contribution is 2.36. The maximum atomic E-state index is 4.73. The SMILES string of the molecule is CCC1=CNC(C)=NC1c1scc(C)c1C. The summed E-state index contributed by atoms with van der Waals surface area (Å²) >= 11 is 1.83. The first kappa shape index (κ1) is 11.4. The second-order valence-electron chi connectivity index (χ2n) is 4.24. The molecule has 1 aromatic rings. The molecule has 1 N–H and O–H groups in total. The molecule has 2 rings (SSSR count). The van der Waals surface area contributed by atoms with Crippen molar-refractivity contribution in [2.24, 2.45) is 4.99 Å². The van der Waals surface area contributed by atoms with Gasteiger partial charge in [-0.2, -0.15) is 0 Å². The molecule has 1 unspecified atom stereocenters. The number of hydrogen-bond acceptors (Lipinski definition) is 3. The van der Waals surface area contributed by atoms with Gasteiger partial charge in [0.15, 0.2) is 0 Å². The number of amidine groups is 1. The van der Waals surface area contributed by atoms with E-state index in [1.807, 2.05) is 18.3 Å². The monoisotopic (exact) mass is 234 g/mol. The largest absolute Gasteiger partial charge is 0.351 e. The summed E-state index contributed by atoms with van der Waals surface area (Å²) in [4.78, 5) is 6.12. The average molecular weight is 234 g/mol. The molecule has 2 heterocycles. The van der Waals surface area contributed by atoms with Crippen molar-refractivity contribution in [3.05, 3.63) is 33.2 Å². The van der Waals surface area contributed by atoms with Crippen molar-refractivity contribution in [3.8, 4) is 0 Å². The second-order valence-corrected chi connectivity index (χ2v) is 5.15. The molecule has 0 amide bonds. The Balaban J connectivity index is 2.41. The number of aryl methyl sites for hydroxylation is 1. The number of hydrogen-bond donors (Lipinski definition) is 1. The third kappa shape index (κ3) is 1.92. The molecule has 16 heavy (non-hydrogen) atoms. The van der Waals surface area contributed by atoms with E-state index in [9.17, 15) is 0 Å². The molecular weight excluding hydrogens is 216 g/mol. The lowest BCUT2D eigenvalue weighted by molar-refractivity contribution is 0.775. The van der Waals surface area contributed by atoms with E-state index in [2.05, 4.69) is 37.7 Å². The molecule has 0 aliphatic carbocycles. The van der Waals surface area contributed by atoms with Gasteiger partial charge in [0, 0.05) is 11.1 Å². The predicted molar refractivity (Wildman–Crippen MR) is 71.2 cm³/mol. The lowest BCUT2D eigenvalue weighted by Gasteiger charge is -2.21. The zero-order valence-electron chi connectivity index (χ0n) is 10.3. The summed E-state index contributed by atoms with van der Waals surface area (Å²) in [7, 11) is 0. The first-order chi connectivity index (χ1) is 7.63. The third-order valence-electron chi connectivity index (χ3n) is 3.12. The molecule has 1 aromatic heterocycles. The summed E-state index contributed by atoms with van der Waals surface area (Å²) < 4.78 is 0. The van der Waals surface area contributed by atoms with Gasteiger partial charge < -0.3 is 5.32 Å². The molecule has 0 radical (unpaired) electrons. The lowest BCUT2D eigenvalue weighted by Crippen LogP contribution is -2.21. The van der Waals surface area contributed by atoms with Gasteiger partial charge in [-0.15, -0.1) is 11.3 Å². The minimum atomic E-state index is 0.241. The highest BCUT2D eigenvalue weighted by atomic mass is 32.1. The van der Waals surface area contributed by atoms with Gasteiger partial charge in [-0.3, -0.25) is 4.99 Å². The Morgan fingerprint density at radius 1 is 1.38 bits per heavy atom. The molecule has 0 aromatic carbocycles. The maximum Gasteiger partial charge on any atom is 0.109 e. The van der Waals surface area contributed by atoms with Gasteiger partial charge >= 0.3 is 0 Å². The summed E-state index contributed by atoms with van der Waals surface area (Å²) in [5, 5.41) is 5.43. The van der Waals surface area contributed by atoms with Gasteiger partial charge in [-0.25, -0.2) is 0 Å². The molecule has 0 spiro atoms. The summed E-state index contributed by atoms with van der Waals surface area (Å²) in [6.07, 6.45) is 3.16. The van der Waals surface area contributed by atoms with Gasteiger partial charge in [0.2, 0.25) is 0 Å². The smallest absolute Gasteiger partial charge is 0.109 e. The number of nitrogens with zero attached hydrogens (tertiary/aromatic N) is 1. The van der Waals surface area contributed by atoms with Crippen LogP contribution in [-0.4, -0.2) is 5.84 Å². The fraction of sp³-hybridized carbons (Fsp3) is 0.462. The van der Waals surface area contributed by atoms with E-state index >= 15 is 0 Å². The minimum absolute atomic E-state index is 0.241. The van der Waals surface area contributed by atoms with Crippen molar-refractivity contribution in [2.75, 3.05) is 0 Å². The molecule has 0 saturated carbocycles. The summed E-state index contributed by atoms with van der Waals surface area (Å²) in [6.45, 7) is 8.57. The van der Waals surface area contributed by atoms with E-state index in [1.54, 1.807) is 0 Å². The quantitative estimate of drug-likeness (QED) is 0.828. The summed E-state index contributed by atoms with van der Waals surface area (Å²) in [5.41, 5.74) is 4.14. The molecule has 0 fully saturated rings. The van der Waals surface area contributed by atoms with Gasteiger partial charge in [-0.05, 0) is 49.3 Å². The molecule has 86 valence electrons. The third-order valence-corrected chi connectivity index (χ3v) is 4.38. The van der Waals surface area contributed by atoms with Gasteiger partial charge in [0.25, 0.3) is 0 Å². The van der Waals surface area contributed by atoms with Crippen LogP contribution < -0.4 is 5.32 Å². The van der Waals surface area contributed by atoms with Crippen LogP contribution in [-0.2, 0) is 0 Å². The van der Waals surface area contributed by atoms with Crippen molar-refractivity contribution < 1.29 is 0 Å². The standard InChI is InChI=1S/C13H18N2S/c1-5-11-6-14-10(4)15-12(11)13-9(3)8(2)7-16-13/h6-7,12H,5H2,1-4H3,(H,14,15). The highest BCUT2D eigenvalue weighted by Gasteiger charge is 2.21. The second kappa shape index (κ2) is 4.42. The van der Waals surface area contributed by atoms with Crippen LogP contribution in [0.5, 0.6) is 0 Å². The summed E-state index contributed by atoms with van der Waals surface area (Å²) in [6, 6.07) is 0.241. The van der Waals surface area contributed by atoms with Crippen LogP contribution in [0.15, 0.2) is 22.1 Å². The Morgan fingerprint density at radius 3 is 2.69 bits per heavy atom. The van der Waals surface area contributed by atoms with Gasteiger partial charge in [-0.1, -0.05) is 6.92 Å². The van der Waals surface area contributed by atoms with Crippen molar-refractivity contribution in [2.45, 2.75) is 40.2 Å². The Bertz CT molecular complexity index is 454. The Morgan fingerprint density at radius 2 is 2.12 bits per heavy atom. The number of aliphatic imine (C=N–C) groups is 1. The summed E-state index contributed by atoms with van der Waals surface area (Å²) in [5.74, 6) is 1.01. The van der Waals surface area contributed by atoms with Crippen LogP contribution in [0.1, 0.15) is 42.3 Å². The topological polar surface area (TPSA) is 24.4 Å². The molecule has 2 nitrogen and oxygen atoms in total. The maximum absolute atomic E-state index is 4.73. The van der Waals surface area contributed by atoms with Crippen molar-refractivity contribution in [1.82, 2.24) is 5.32 Å². The minimum Gasteiger partial charge on any atom is -0.351 e. The first-order valence-corrected chi connectivity index (χ1v) is 6.56. The van der Waals surface area contributed by atoms with E-state index in [0.717, 1.165) is 12.3 Å². The normalized spacial score (nSPS) is 20.1. The Labute approximate surface area is 101 Å². The van der Waals surface area contributed by atoms with E-state index in [-0.39, 0.29) is 6.04 Å². The molecule has 1 aliphatic heterocycles. The highest BCUT2D eigenvalue weighted by molar-refractivity contribution is 7.10. The van der Waals surface area contributed by atoms with Crippen LogP contribution >= 0.6 is 11.3 Å². The first-order valence-electron chi connectivity index (χ1n) is 5.68. The number of thiophene rings is 1. The fourth-order valence-electron chi connectivity index (χ4n) is 1.90.